The Kier molecular flexibility index (Phi) is 5.75. The zero-order valence-electron chi connectivity index (χ0n) is 14.8. The molecular weight excluding hydrogens is 320 g/mol. The van der Waals surface area contributed by atoms with E-state index in [1.165, 1.54) is 18.2 Å². The maximum absolute atomic E-state index is 12.2. The van der Waals surface area contributed by atoms with Gasteiger partial charge in [0.1, 0.15) is 5.75 Å². The normalized spacial score (nSPS) is 10.6. The minimum atomic E-state index is -0.465. The van der Waals surface area contributed by atoms with Crippen molar-refractivity contribution in [2.45, 2.75) is 33.6 Å². The zero-order chi connectivity index (χ0) is 18.6. The van der Waals surface area contributed by atoms with Crippen molar-refractivity contribution in [3.05, 3.63) is 63.2 Å². The van der Waals surface area contributed by atoms with E-state index in [2.05, 4.69) is 19.2 Å². The van der Waals surface area contributed by atoms with Crippen LogP contribution >= 0.6 is 0 Å². The van der Waals surface area contributed by atoms with Crippen molar-refractivity contribution in [3.8, 4) is 5.75 Å². The summed E-state index contributed by atoms with van der Waals surface area (Å²) in [6.45, 7) is 7.69. The third kappa shape index (κ3) is 4.79. The van der Waals surface area contributed by atoms with Gasteiger partial charge in [-0.3, -0.25) is 14.9 Å². The van der Waals surface area contributed by atoms with E-state index in [4.69, 9.17) is 4.74 Å². The fourth-order valence-corrected chi connectivity index (χ4v) is 2.47. The van der Waals surface area contributed by atoms with E-state index in [-0.39, 0.29) is 24.1 Å². The summed E-state index contributed by atoms with van der Waals surface area (Å²) >= 11 is 0. The quantitative estimate of drug-likeness (QED) is 0.625. The first-order valence-corrected chi connectivity index (χ1v) is 8.06. The molecule has 0 unspecified atom stereocenters. The number of nitrogens with zero attached hydrogens (tertiary/aromatic N) is 1. The third-order valence-electron chi connectivity index (χ3n) is 3.84. The van der Waals surface area contributed by atoms with Crippen molar-refractivity contribution < 1.29 is 14.5 Å². The van der Waals surface area contributed by atoms with Crippen LogP contribution in [0, 0.1) is 24.0 Å². The number of aryl methyl sites for hydroxylation is 2. The lowest BCUT2D eigenvalue weighted by atomic mass is 10.0. The van der Waals surface area contributed by atoms with Crippen molar-refractivity contribution in [2.24, 2.45) is 0 Å². The lowest BCUT2D eigenvalue weighted by molar-refractivity contribution is -0.384. The molecule has 0 aliphatic rings. The molecule has 132 valence electrons. The summed E-state index contributed by atoms with van der Waals surface area (Å²) in [7, 11) is 0. The number of anilines is 1. The highest BCUT2D eigenvalue weighted by molar-refractivity contribution is 5.92. The Morgan fingerprint density at radius 1 is 1.20 bits per heavy atom. The number of hydrogen-bond acceptors (Lipinski definition) is 4. The molecule has 0 saturated heterocycles. The number of rotatable bonds is 6. The molecule has 0 radical (unpaired) electrons. The highest BCUT2D eigenvalue weighted by Crippen LogP contribution is 2.27. The lowest BCUT2D eigenvalue weighted by Gasteiger charge is -2.15. The molecule has 6 nitrogen and oxygen atoms in total. The largest absolute Gasteiger partial charge is 0.483 e. The lowest BCUT2D eigenvalue weighted by Crippen LogP contribution is -2.21. The molecule has 6 heteroatoms. The smallest absolute Gasteiger partial charge is 0.269 e. The first-order valence-electron chi connectivity index (χ1n) is 8.06. The predicted octanol–water partition coefficient (Wildman–Crippen LogP) is 4.35. The van der Waals surface area contributed by atoms with E-state index in [1.54, 1.807) is 6.92 Å². The van der Waals surface area contributed by atoms with Gasteiger partial charge in [0.25, 0.3) is 11.6 Å². The van der Waals surface area contributed by atoms with Crippen molar-refractivity contribution in [2.75, 3.05) is 11.9 Å². The molecule has 1 amide bonds. The Balaban J connectivity index is 2.04. The molecule has 0 aromatic heterocycles. The highest BCUT2D eigenvalue weighted by atomic mass is 16.6. The van der Waals surface area contributed by atoms with Crippen LogP contribution in [0.25, 0.3) is 0 Å². The second kappa shape index (κ2) is 7.79. The molecule has 0 atom stereocenters. The van der Waals surface area contributed by atoms with Gasteiger partial charge in [0.2, 0.25) is 0 Å². The van der Waals surface area contributed by atoms with Gasteiger partial charge in [0.05, 0.1) is 4.92 Å². The number of non-ortho nitro benzene ring substituents is 1. The number of nitro groups is 1. The molecule has 2 aromatic carbocycles. The second-order valence-corrected chi connectivity index (χ2v) is 6.29. The number of carbonyl (C=O) groups is 1. The summed E-state index contributed by atoms with van der Waals surface area (Å²) in [5, 5.41) is 13.5. The Morgan fingerprint density at radius 3 is 2.52 bits per heavy atom. The number of nitro benzene ring substituents is 1. The van der Waals surface area contributed by atoms with Gasteiger partial charge in [-0.25, -0.2) is 0 Å². The maximum atomic E-state index is 12.2. The van der Waals surface area contributed by atoms with E-state index < -0.39 is 4.92 Å². The molecule has 0 heterocycles. The highest BCUT2D eigenvalue weighted by Gasteiger charge is 2.13. The summed E-state index contributed by atoms with van der Waals surface area (Å²) in [5.74, 6) is 0.675. The molecule has 0 bridgehead atoms. The molecule has 25 heavy (non-hydrogen) atoms. The summed E-state index contributed by atoms with van der Waals surface area (Å²) in [5.41, 5.74) is 3.26. The van der Waals surface area contributed by atoms with E-state index in [0.717, 1.165) is 11.1 Å². The molecular formula is C19H22N2O4. The van der Waals surface area contributed by atoms with Crippen molar-refractivity contribution in [1.82, 2.24) is 0 Å². The van der Waals surface area contributed by atoms with E-state index in [9.17, 15) is 14.9 Å². The van der Waals surface area contributed by atoms with Crippen molar-refractivity contribution in [3.63, 3.8) is 0 Å². The van der Waals surface area contributed by atoms with Crippen LogP contribution in [0.2, 0.25) is 0 Å². The van der Waals surface area contributed by atoms with Crippen LogP contribution in [0.4, 0.5) is 11.4 Å². The Labute approximate surface area is 147 Å². The third-order valence-corrected chi connectivity index (χ3v) is 3.84. The number of carbonyl (C=O) groups excluding carboxylic acids is 1. The van der Waals surface area contributed by atoms with Gasteiger partial charge in [-0.15, -0.1) is 0 Å². The molecule has 0 fully saturated rings. The van der Waals surface area contributed by atoms with Gasteiger partial charge < -0.3 is 10.1 Å². The van der Waals surface area contributed by atoms with Crippen LogP contribution in [-0.2, 0) is 4.79 Å². The Hall–Kier alpha value is -2.89. The van der Waals surface area contributed by atoms with Crippen LogP contribution < -0.4 is 10.1 Å². The SMILES string of the molecule is Cc1ccc(C(C)C)c(OCC(=O)Nc2ccc([N+](=O)[O-])cc2C)c1. The van der Waals surface area contributed by atoms with Crippen LogP contribution in [0.1, 0.15) is 36.5 Å². The molecule has 2 aromatic rings. The van der Waals surface area contributed by atoms with Gasteiger partial charge in [0.15, 0.2) is 6.61 Å². The number of nitrogens with one attached hydrogen (secondary N) is 1. The number of benzene rings is 2. The first-order chi connectivity index (χ1) is 11.8. The number of amides is 1. The van der Waals surface area contributed by atoms with Crippen molar-refractivity contribution >= 4 is 17.3 Å². The topological polar surface area (TPSA) is 81.5 Å². The van der Waals surface area contributed by atoms with Crippen LogP contribution in [0.5, 0.6) is 5.75 Å². The average Bonchev–Trinajstić information content (AvgIpc) is 2.54. The minimum Gasteiger partial charge on any atom is -0.483 e. The fraction of sp³-hybridized carbons (Fsp3) is 0.316. The van der Waals surface area contributed by atoms with Crippen LogP contribution in [-0.4, -0.2) is 17.4 Å². The molecule has 0 aliphatic heterocycles. The second-order valence-electron chi connectivity index (χ2n) is 6.29. The van der Waals surface area contributed by atoms with Gasteiger partial charge in [-0.05, 0) is 48.6 Å². The van der Waals surface area contributed by atoms with Crippen LogP contribution in [0.15, 0.2) is 36.4 Å². The summed E-state index contributed by atoms with van der Waals surface area (Å²) in [4.78, 5) is 22.4. The Morgan fingerprint density at radius 2 is 1.92 bits per heavy atom. The van der Waals surface area contributed by atoms with Gasteiger partial charge >= 0.3 is 0 Å². The van der Waals surface area contributed by atoms with Crippen LogP contribution in [0.3, 0.4) is 0 Å². The van der Waals surface area contributed by atoms with E-state index in [0.29, 0.717) is 17.0 Å². The van der Waals surface area contributed by atoms with E-state index in [1.807, 2.05) is 25.1 Å². The molecule has 2 rings (SSSR count). The van der Waals surface area contributed by atoms with Gasteiger partial charge in [-0.2, -0.15) is 0 Å². The fourth-order valence-electron chi connectivity index (χ4n) is 2.47. The monoisotopic (exact) mass is 342 g/mol. The van der Waals surface area contributed by atoms with E-state index >= 15 is 0 Å². The summed E-state index contributed by atoms with van der Waals surface area (Å²) in [6, 6.07) is 10.3. The maximum Gasteiger partial charge on any atom is 0.269 e. The zero-order valence-corrected chi connectivity index (χ0v) is 14.8. The molecule has 1 N–H and O–H groups in total. The van der Waals surface area contributed by atoms with Crippen molar-refractivity contribution in [1.29, 1.82) is 0 Å². The molecule has 0 spiro atoms. The van der Waals surface area contributed by atoms with Gasteiger partial charge in [-0.1, -0.05) is 26.0 Å². The molecule has 0 aliphatic carbocycles. The Bertz CT molecular complexity index is 800. The minimum absolute atomic E-state index is 0.00640. The number of hydrogen-bond donors (Lipinski definition) is 1. The summed E-state index contributed by atoms with van der Waals surface area (Å²) < 4.78 is 5.69. The van der Waals surface area contributed by atoms with Gasteiger partial charge in [0, 0.05) is 17.8 Å². The first kappa shape index (κ1) is 18.4. The predicted molar refractivity (Wildman–Crippen MR) is 97.2 cm³/mol. The molecule has 0 saturated carbocycles. The number of ether oxygens (including phenoxy) is 1. The standard InChI is InChI=1S/C19H22N2O4/c1-12(2)16-7-5-13(3)9-18(16)25-11-19(22)20-17-8-6-15(21(23)24)10-14(17)4/h5-10,12H,11H2,1-4H3,(H,20,22). The average molecular weight is 342 g/mol. The summed E-state index contributed by atoms with van der Waals surface area (Å²) in [6.07, 6.45) is 0.